The Bertz CT molecular complexity index is 435. The molecule has 0 atom stereocenters. The van der Waals surface area contributed by atoms with E-state index in [-0.39, 0.29) is 0 Å². The molecule has 1 aromatic heterocycles. The fourth-order valence-electron chi connectivity index (χ4n) is 1.69. The SMILES string of the molecule is O=S(=O)(c1sccc1Br)N1CCCCC1. The van der Waals surface area contributed by atoms with Crippen molar-refractivity contribution in [1.82, 2.24) is 4.31 Å². The second-order valence-corrected chi connectivity index (χ2v) is 7.42. The Balaban J connectivity index is 2.30. The van der Waals surface area contributed by atoms with E-state index in [1.165, 1.54) is 11.3 Å². The molecule has 1 fully saturated rings. The van der Waals surface area contributed by atoms with Gasteiger partial charge < -0.3 is 0 Å². The van der Waals surface area contributed by atoms with Gasteiger partial charge in [-0.3, -0.25) is 0 Å². The third-order valence-corrected chi connectivity index (χ3v) is 7.02. The molecule has 0 aromatic carbocycles. The van der Waals surface area contributed by atoms with Crippen molar-refractivity contribution in [2.24, 2.45) is 0 Å². The van der Waals surface area contributed by atoms with E-state index >= 15 is 0 Å². The van der Waals surface area contributed by atoms with Crippen LogP contribution in [0.5, 0.6) is 0 Å². The van der Waals surface area contributed by atoms with E-state index < -0.39 is 10.0 Å². The number of hydrogen-bond acceptors (Lipinski definition) is 3. The summed E-state index contributed by atoms with van der Waals surface area (Å²) in [5.74, 6) is 0. The number of halogens is 1. The standard InChI is InChI=1S/C9H12BrNO2S2/c10-8-4-7-14-9(8)15(12,13)11-5-2-1-3-6-11/h4,7H,1-3,5-6H2. The Kier molecular flexibility index (Phi) is 3.49. The number of hydrogen-bond donors (Lipinski definition) is 0. The van der Waals surface area contributed by atoms with E-state index in [0.717, 1.165) is 19.3 Å². The van der Waals surface area contributed by atoms with Crippen molar-refractivity contribution in [3.63, 3.8) is 0 Å². The minimum absolute atomic E-state index is 0.435. The first-order chi connectivity index (χ1) is 7.12. The van der Waals surface area contributed by atoms with Gasteiger partial charge in [0.15, 0.2) is 0 Å². The van der Waals surface area contributed by atoms with Crippen molar-refractivity contribution in [1.29, 1.82) is 0 Å². The average Bonchev–Trinajstić information content (AvgIpc) is 2.66. The summed E-state index contributed by atoms with van der Waals surface area (Å²) in [7, 11) is -3.24. The second-order valence-electron chi connectivity index (χ2n) is 3.52. The van der Waals surface area contributed by atoms with Crippen molar-refractivity contribution >= 4 is 37.3 Å². The van der Waals surface area contributed by atoms with Crippen LogP contribution in [0, 0.1) is 0 Å². The summed E-state index contributed by atoms with van der Waals surface area (Å²) in [4.78, 5) is 0. The Morgan fingerprint density at radius 1 is 1.27 bits per heavy atom. The highest BCUT2D eigenvalue weighted by Gasteiger charge is 2.28. The van der Waals surface area contributed by atoms with Crippen molar-refractivity contribution in [3.05, 3.63) is 15.9 Å². The third-order valence-electron chi connectivity index (χ3n) is 2.47. The summed E-state index contributed by atoms with van der Waals surface area (Å²) in [6, 6.07) is 1.78. The molecule has 0 radical (unpaired) electrons. The molecular formula is C9H12BrNO2S2. The molecule has 0 unspecified atom stereocenters. The van der Waals surface area contributed by atoms with Crippen LogP contribution < -0.4 is 0 Å². The van der Waals surface area contributed by atoms with Crippen molar-refractivity contribution < 1.29 is 8.42 Å². The van der Waals surface area contributed by atoms with Gasteiger partial charge in [-0.25, -0.2) is 8.42 Å². The fraction of sp³-hybridized carbons (Fsp3) is 0.556. The zero-order valence-electron chi connectivity index (χ0n) is 8.15. The smallest absolute Gasteiger partial charge is 0.206 e. The van der Waals surface area contributed by atoms with Gasteiger partial charge in [0.1, 0.15) is 4.21 Å². The predicted molar refractivity (Wildman–Crippen MR) is 64.6 cm³/mol. The third kappa shape index (κ3) is 2.27. The normalized spacial score (nSPS) is 19.3. The maximum atomic E-state index is 12.2. The van der Waals surface area contributed by atoms with Crippen LogP contribution in [0.25, 0.3) is 0 Å². The quantitative estimate of drug-likeness (QED) is 0.842. The monoisotopic (exact) mass is 309 g/mol. The van der Waals surface area contributed by atoms with Crippen LogP contribution in [0.2, 0.25) is 0 Å². The van der Waals surface area contributed by atoms with Crippen LogP contribution in [0.1, 0.15) is 19.3 Å². The summed E-state index contributed by atoms with van der Waals surface area (Å²) >= 11 is 4.55. The largest absolute Gasteiger partial charge is 0.253 e. The Morgan fingerprint density at radius 3 is 2.47 bits per heavy atom. The van der Waals surface area contributed by atoms with Crippen LogP contribution in [0.15, 0.2) is 20.1 Å². The highest BCUT2D eigenvalue weighted by molar-refractivity contribution is 9.10. The minimum atomic E-state index is -3.24. The minimum Gasteiger partial charge on any atom is -0.206 e. The number of nitrogens with zero attached hydrogens (tertiary/aromatic N) is 1. The Labute approximate surface area is 102 Å². The average molecular weight is 310 g/mol. The zero-order valence-corrected chi connectivity index (χ0v) is 11.4. The van der Waals surface area contributed by atoms with Gasteiger partial charge in [-0.15, -0.1) is 11.3 Å². The molecule has 0 amide bonds. The van der Waals surface area contributed by atoms with E-state index in [1.54, 1.807) is 15.8 Å². The molecule has 1 saturated heterocycles. The fourth-order valence-corrected chi connectivity index (χ4v) is 5.65. The lowest BCUT2D eigenvalue weighted by molar-refractivity contribution is 0.347. The summed E-state index contributed by atoms with van der Waals surface area (Å²) in [6.07, 6.45) is 3.09. The lowest BCUT2D eigenvalue weighted by atomic mass is 10.2. The molecule has 0 bridgehead atoms. The first-order valence-electron chi connectivity index (χ1n) is 4.85. The van der Waals surface area contributed by atoms with Crippen LogP contribution in [0.3, 0.4) is 0 Å². The van der Waals surface area contributed by atoms with Gasteiger partial charge in [0, 0.05) is 17.6 Å². The van der Waals surface area contributed by atoms with Crippen LogP contribution in [-0.2, 0) is 10.0 Å². The van der Waals surface area contributed by atoms with E-state index in [2.05, 4.69) is 15.9 Å². The lowest BCUT2D eigenvalue weighted by Crippen LogP contribution is -2.35. The van der Waals surface area contributed by atoms with Gasteiger partial charge in [-0.2, -0.15) is 4.31 Å². The second kappa shape index (κ2) is 4.53. The molecule has 0 N–H and O–H groups in total. The zero-order chi connectivity index (χ0) is 10.9. The van der Waals surface area contributed by atoms with Gasteiger partial charge >= 0.3 is 0 Å². The molecule has 1 aliphatic rings. The van der Waals surface area contributed by atoms with E-state index in [1.807, 2.05) is 0 Å². The Morgan fingerprint density at radius 2 is 1.93 bits per heavy atom. The highest BCUT2D eigenvalue weighted by atomic mass is 79.9. The van der Waals surface area contributed by atoms with Crippen LogP contribution >= 0.6 is 27.3 Å². The van der Waals surface area contributed by atoms with Crippen molar-refractivity contribution in [3.8, 4) is 0 Å². The molecule has 0 aliphatic carbocycles. The number of sulfonamides is 1. The van der Waals surface area contributed by atoms with E-state index in [9.17, 15) is 8.42 Å². The molecule has 84 valence electrons. The maximum Gasteiger partial charge on any atom is 0.253 e. The van der Waals surface area contributed by atoms with Gasteiger partial charge in [0.05, 0.1) is 0 Å². The molecule has 2 heterocycles. The first kappa shape index (κ1) is 11.6. The first-order valence-corrected chi connectivity index (χ1v) is 7.97. The summed E-state index contributed by atoms with van der Waals surface area (Å²) in [5, 5.41) is 1.79. The van der Waals surface area contributed by atoms with Crippen LogP contribution in [0.4, 0.5) is 0 Å². The molecule has 15 heavy (non-hydrogen) atoms. The summed E-state index contributed by atoms with van der Waals surface area (Å²) in [5.41, 5.74) is 0. The molecule has 1 aromatic rings. The Hall–Kier alpha value is 0.0900. The number of piperidine rings is 1. The van der Waals surface area contributed by atoms with Crippen molar-refractivity contribution in [2.45, 2.75) is 23.5 Å². The van der Waals surface area contributed by atoms with Gasteiger partial charge in [0.25, 0.3) is 10.0 Å². The number of rotatable bonds is 2. The van der Waals surface area contributed by atoms with Gasteiger partial charge in [-0.1, -0.05) is 6.42 Å². The molecule has 0 spiro atoms. The highest BCUT2D eigenvalue weighted by Crippen LogP contribution is 2.31. The van der Waals surface area contributed by atoms with Crippen LogP contribution in [-0.4, -0.2) is 25.8 Å². The molecule has 0 saturated carbocycles. The van der Waals surface area contributed by atoms with Crippen molar-refractivity contribution in [2.75, 3.05) is 13.1 Å². The summed E-state index contributed by atoms with van der Waals surface area (Å²) in [6.45, 7) is 1.32. The maximum absolute atomic E-state index is 12.2. The number of thiophene rings is 1. The predicted octanol–water partition coefficient (Wildman–Crippen LogP) is 2.69. The van der Waals surface area contributed by atoms with E-state index in [0.29, 0.717) is 21.8 Å². The topological polar surface area (TPSA) is 37.4 Å². The molecule has 3 nitrogen and oxygen atoms in total. The molecule has 1 aliphatic heterocycles. The van der Waals surface area contributed by atoms with E-state index in [4.69, 9.17) is 0 Å². The molecule has 6 heteroatoms. The van der Waals surface area contributed by atoms with Gasteiger partial charge in [0.2, 0.25) is 0 Å². The summed E-state index contributed by atoms with van der Waals surface area (Å²) < 4.78 is 27.1. The lowest BCUT2D eigenvalue weighted by Gasteiger charge is -2.25. The molecular weight excluding hydrogens is 298 g/mol. The van der Waals surface area contributed by atoms with Gasteiger partial charge in [-0.05, 0) is 40.2 Å². The molecule has 2 rings (SSSR count).